The van der Waals surface area contributed by atoms with Gasteiger partial charge in [-0.15, -0.1) is 12.4 Å². The highest BCUT2D eigenvalue weighted by molar-refractivity contribution is 5.98. The van der Waals surface area contributed by atoms with Gasteiger partial charge in [-0.25, -0.2) is 0 Å². The first-order valence-corrected chi connectivity index (χ1v) is 7.73. The van der Waals surface area contributed by atoms with Crippen LogP contribution in [0.2, 0.25) is 0 Å². The average molecular weight is 340 g/mol. The van der Waals surface area contributed by atoms with E-state index in [1.807, 2.05) is 20.8 Å². The molecule has 0 bridgehead atoms. The van der Waals surface area contributed by atoms with E-state index >= 15 is 0 Å². The molecular formula is C17H26ClN3O2. The molecule has 5 nitrogen and oxygen atoms in total. The van der Waals surface area contributed by atoms with Gasteiger partial charge in [0.2, 0.25) is 5.91 Å². The molecule has 1 aliphatic rings. The molecule has 1 aliphatic carbocycles. The second kappa shape index (κ2) is 7.79. The van der Waals surface area contributed by atoms with E-state index in [1.54, 1.807) is 24.3 Å². The summed E-state index contributed by atoms with van der Waals surface area (Å²) in [5, 5.41) is 5.80. The molecule has 4 N–H and O–H groups in total. The third kappa shape index (κ3) is 5.84. The molecule has 0 saturated heterocycles. The highest BCUT2D eigenvalue weighted by Gasteiger charge is 2.27. The Morgan fingerprint density at radius 2 is 1.91 bits per heavy atom. The zero-order valence-electron chi connectivity index (χ0n) is 13.9. The lowest BCUT2D eigenvalue weighted by atomic mass is 10.1. The Hall–Kier alpha value is -1.59. The molecule has 0 aliphatic heterocycles. The van der Waals surface area contributed by atoms with Crippen LogP contribution in [0.4, 0.5) is 5.69 Å². The van der Waals surface area contributed by atoms with Crippen LogP contribution in [0.1, 0.15) is 50.4 Å². The molecule has 2 rings (SSSR count). The minimum atomic E-state index is -0.295. The minimum absolute atomic E-state index is 0. The predicted octanol–water partition coefficient (Wildman–Crippen LogP) is 2.70. The number of hydrogen-bond donors (Lipinski definition) is 3. The minimum Gasteiger partial charge on any atom is -0.347 e. The third-order valence-corrected chi connectivity index (χ3v) is 3.72. The molecule has 0 radical (unpaired) electrons. The molecule has 0 spiro atoms. The van der Waals surface area contributed by atoms with Crippen molar-refractivity contribution < 1.29 is 9.59 Å². The first kappa shape index (κ1) is 19.5. The average Bonchev–Trinajstić information content (AvgIpc) is 2.84. The summed E-state index contributed by atoms with van der Waals surface area (Å²) < 4.78 is 0. The van der Waals surface area contributed by atoms with Crippen LogP contribution in [0.5, 0.6) is 0 Å². The monoisotopic (exact) mass is 339 g/mol. The molecule has 128 valence electrons. The predicted molar refractivity (Wildman–Crippen MR) is 94.9 cm³/mol. The molecule has 2 atom stereocenters. The van der Waals surface area contributed by atoms with E-state index in [4.69, 9.17) is 5.73 Å². The molecule has 6 heteroatoms. The zero-order valence-corrected chi connectivity index (χ0v) is 14.7. The van der Waals surface area contributed by atoms with E-state index < -0.39 is 0 Å². The van der Waals surface area contributed by atoms with Gasteiger partial charge in [0, 0.05) is 28.7 Å². The molecule has 1 saturated carbocycles. The van der Waals surface area contributed by atoms with Gasteiger partial charge in [0.05, 0.1) is 0 Å². The van der Waals surface area contributed by atoms with Crippen molar-refractivity contribution in [2.75, 3.05) is 5.32 Å². The summed E-state index contributed by atoms with van der Waals surface area (Å²) in [4.78, 5) is 24.4. The number of hydrogen-bond acceptors (Lipinski definition) is 3. The number of amides is 2. The maximum Gasteiger partial charge on any atom is 0.251 e. The van der Waals surface area contributed by atoms with Crippen molar-refractivity contribution in [2.24, 2.45) is 11.7 Å². The Labute approximate surface area is 143 Å². The van der Waals surface area contributed by atoms with Crippen LogP contribution >= 0.6 is 12.4 Å². The van der Waals surface area contributed by atoms with E-state index in [0.717, 1.165) is 19.3 Å². The quantitative estimate of drug-likeness (QED) is 0.791. The summed E-state index contributed by atoms with van der Waals surface area (Å²) in [5.74, 6) is -0.185. The van der Waals surface area contributed by atoms with Crippen LogP contribution in [0.25, 0.3) is 0 Å². The van der Waals surface area contributed by atoms with Gasteiger partial charge in [-0.05, 0) is 58.2 Å². The van der Waals surface area contributed by atoms with Crippen LogP contribution in [-0.4, -0.2) is 23.4 Å². The van der Waals surface area contributed by atoms with E-state index in [1.165, 1.54) is 0 Å². The molecular weight excluding hydrogens is 314 g/mol. The summed E-state index contributed by atoms with van der Waals surface area (Å²) in [7, 11) is 0. The number of nitrogens with two attached hydrogens (primary N) is 1. The Morgan fingerprint density at radius 3 is 2.48 bits per heavy atom. The van der Waals surface area contributed by atoms with E-state index in [2.05, 4.69) is 10.6 Å². The molecule has 2 amide bonds. The van der Waals surface area contributed by atoms with Gasteiger partial charge in [0.25, 0.3) is 5.91 Å². The number of rotatable bonds is 3. The first-order chi connectivity index (χ1) is 10.2. The molecule has 23 heavy (non-hydrogen) atoms. The van der Waals surface area contributed by atoms with Crippen molar-refractivity contribution in [1.82, 2.24) is 5.32 Å². The van der Waals surface area contributed by atoms with E-state index in [9.17, 15) is 9.59 Å². The molecule has 1 fully saturated rings. The second-order valence-electron chi connectivity index (χ2n) is 7.04. The summed E-state index contributed by atoms with van der Waals surface area (Å²) in [6.07, 6.45) is 2.46. The lowest BCUT2D eigenvalue weighted by Gasteiger charge is -2.20. The van der Waals surface area contributed by atoms with Crippen molar-refractivity contribution in [3.63, 3.8) is 0 Å². The Balaban J connectivity index is 0.00000264. The fraction of sp³-hybridized carbons (Fsp3) is 0.529. The first-order valence-electron chi connectivity index (χ1n) is 7.73. The fourth-order valence-corrected chi connectivity index (χ4v) is 2.65. The van der Waals surface area contributed by atoms with E-state index in [0.29, 0.717) is 11.3 Å². The Kier molecular flexibility index (Phi) is 6.59. The van der Waals surface area contributed by atoms with Crippen LogP contribution in [-0.2, 0) is 4.79 Å². The number of benzene rings is 1. The molecule has 0 aromatic heterocycles. The van der Waals surface area contributed by atoms with Gasteiger partial charge >= 0.3 is 0 Å². The number of anilines is 1. The zero-order chi connectivity index (χ0) is 16.3. The molecule has 1 aromatic carbocycles. The van der Waals surface area contributed by atoms with Gasteiger partial charge in [0.15, 0.2) is 0 Å². The van der Waals surface area contributed by atoms with Crippen molar-refractivity contribution in [1.29, 1.82) is 0 Å². The van der Waals surface area contributed by atoms with Crippen LogP contribution in [0, 0.1) is 5.92 Å². The smallest absolute Gasteiger partial charge is 0.251 e. The van der Waals surface area contributed by atoms with Crippen molar-refractivity contribution in [3.8, 4) is 0 Å². The fourth-order valence-electron chi connectivity index (χ4n) is 2.65. The van der Waals surface area contributed by atoms with E-state index in [-0.39, 0.29) is 41.7 Å². The molecule has 0 heterocycles. The number of carbonyl (C=O) groups excluding carboxylic acids is 2. The summed E-state index contributed by atoms with van der Waals surface area (Å²) in [5.41, 5.74) is 6.73. The van der Waals surface area contributed by atoms with Crippen molar-refractivity contribution >= 4 is 29.9 Å². The topological polar surface area (TPSA) is 84.2 Å². The number of carbonyl (C=O) groups is 2. The summed E-state index contributed by atoms with van der Waals surface area (Å²) in [6.45, 7) is 5.79. The Bertz CT molecular complexity index is 569. The lowest BCUT2D eigenvalue weighted by Crippen LogP contribution is -2.40. The normalized spacial score (nSPS) is 20.5. The van der Waals surface area contributed by atoms with Crippen LogP contribution < -0.4 is 16.4 Å². The van der Waals surface area contributed by atoms with Gasteiger partial charge in [-0.2, -0.15) is 0 Å². The highest BCUT2D eigenvalue weighted by Crippen LogP contribution is 2.25. The van der Waals surface area contributed by atoms with Gasteiger partial charge in [-0.3, -0.25) is 9.59 Å². The second-order valence-corrected chi connectivity index (χ2v) is 7.04. The largest absolute Gasteiger partial charge is 0.347 e. The van der Waals surface area contributed by atoms with Gasteiger partial charge in [0.1, 0.15) is 0 Å². The molecule has 2 unspecified atom stereocenters. The lowest BCUT2D eigenvalue weighted by molar-refractivity contribution is -0.119. The maximum absolute atomic E-state index is 12.2. The van der Waals surface area contributed by atoms with Crippen molar-refractivity contribution in [3.05, 3.63) is 29.8 Å². The van der Waals surface area contributed by atoms with Crippen LogP contribution in [0.15, 0.2) is 24.3 Å². The van der Waals surface area contributed by atoms with Gasteiger partial charge in [-0.1, -0.05) is 6.07 Å². The maximum atomic E-state index is 12.2. The third-order valence-electron chi connectivity index (χ3n) is 3.72. The summed E-state index contributed by atoms with van der Waals surface area (Å²) >= 11 is 0. The standard InChI is InChI=1S/C17H25N3O2.ClH/c1-17(2,3)20-16(22)11-5-4-6-14(10-11)19-15(21)12-7-8-13(18)9-12;/h4-6,10,12-13H,7-9,18H2,1-3H3,(H,19,21)(H,20,22);1H. The highest BCUT2D eigenvalue weighted by atomic mass is 35.5. The molecule has 1 aromatic rings. The summed E-state index contributed by atoms with van der Waals surface area (Å²) in [6, 6.07) is 7.13. The van der Waals surface area contributed by atoms with Crippen molar-refractivity contribution in [2.45, 2.75) is 51.6 Å². The SMILES string of the molecule is CC(C)(C)NC(=O)c1cccc(NC(=O)C2CCC(N)C2)c1.Cl. The van der Waals surface area contributed by atoms with Crippen LogP contribution in [0.3, 0.4) is 0 Å². The Morgan fingerprint density at radius 1 is 1.22 bits per heavy atom. The van der Waals surface area contributed by atoms with Gasteiger partial charge < -0.3 is 16.4 Å². The number of nitrogens with one attached hydrogen (secondary N) is 2. The number of halogens is 1.